The van der Waals surface area contributed by atoms with Crippen molar-refractivity contribution < 1.29 is 9.53 Å². The minimum Gasteiger partial charge on any atom is -0.385 e. The SMILES string of the molecule is COCCCC(=O)Nc1cc(Cl)ccc1C#N. The molecule has 1 N–H and O–H groups in total. The highest BCUT2D eigenvalue weighted by atomic mass is 35.5. The average Bonchev–Trinajstić information content (AvgIpc) is 2.29. The van der Waals surface area contributed by atoms with Gasteiger partial charge in [0.2, 0.25) is 5.91 Å². The van der Waals surface area contributed by atoms with Gasteiger partial charge in [-0.3, -0.25) is 4.79 Å². The maximum Gasteiger partial charge on any atom is 0.224 e. The van der Waals surface area contributed by atoms with Crippen molar-refractivity contribution in [3.63, 3.8) is 0 Å². The Bertz CT molecular complexity index is 441. The van der Waals surface area contributed by atoms with Crippen molar-refractivity contribution in [3.05, 3.63) is 28.8 Å². The van der Waals surface area contributed by atoms with E-state index in [2.05, 4.69) is 5.32 Å². The fourth-order valence-corrected chi connectivity index (χ4v) is 1.48. The van der Waals surface area contributed by atoms with Crippen LogP contribution < -0.4 is 5.32 Å². The maximum atomic E-state index is 11.5. The fourth-order valence-electron chi connectivity index (χ4n) is 1.31. The van der Waals surface area contributed by atoms with E-state index in [9.17, 15) is 4.79 Å². The second-order valence-electron chi connectivity index (χ2n) is 3.45. The van der Waals surface area contributed by atoms with Crippen LogP contribution in [0, 0.1) is 11.3 Å². The molecule has 5 heteroatoms. The molecule has 0 atom stereocenters. The molecule has 1 amide bonds. The first-order valence-electron chi connectivity index (χ1n) is 5.16. The van der Waals surface area contributed by atoms with Crippen LogP contribution in [0.4, 0.5) is 5.69 Å². The zero-order valence-corrected chi connectivity index (χ0v) is 10.3. The second kappa shape index (κ2) is 6.89. The highest BCUT2D eigenvalue weighted by molar-refractivity contribution is 6.31. The molecule has 0 saturated carbocycles. The van der Waals surface area contributed by atoms with Gasteiger partial charge in [-0.05, 0) is 24.6 Å². The van der Waals surface area contributed by atoms with Gasteiger partial charge in [-0.2, -0.15) is 5.26 Å². The highest BCUT2D eigenvalue weighted by Gasteiger charge is 2.07. The highest BCUT2D eigenvalue weighted by Crippen LogP contribution is 2.20. The number of nitrogens with zero attached hydrogens (tertiary/aromatic N) is 1. The number of carbonyl (C=O) groups excluding carboxylic acids is 1. The number of ether oxygens (including phenoxy) is 1. The predicted octanol–water partition coefficient (Wildman–Crippen LogP) is 2.58. The van der Waals surface area contributed by atoms with Gasteiger partial charge in [0.25, 0.3) is 0 Å². The number of rotatable bonds is 5. The Morgan fingerprint density at radius 1 is 1.59 bits per heavy atom. The summed E-state index contributed by atoms with van der Waals surface area (Å²) in [6.07, 6.45) is 0.996. The van der Waals surface area contributed by atoms with Gasteiger partial charge in [-0.15, -0.1) is 0 Å². The van der Waals surface area contributed by atoms with E-state index in [1.54, 1.807) is 25.3 Å². The van der Waals surface area contributed by atoms with E-state index >= 15 is 0 Å². The average molecular weight is 253 g/mol. The van der Waals surface area contributed by atoms with E-state index in [1.807, 2.05) is 6.07 Å². The van der Waals surface area contributed by atoms with E-state index in [-0.39, 0.29) is 5.91 Å². The normalized spacial score (nSPS) is 9.71. The van der Waals surface area contributed by atoms with E-state index in [1.165, 1.54) is 0 Å². The molecule has 0 aliphatic carbocycles. The van der Waals surface area contributed by atoms with Crippen molar-refractivity contribution in [3.8, 4) is 6.07 Å². The molecule has 0 spiro atoms. The summed E-state index contributed by atoms with van der Waals surface area (Å²) >= 11 is 5.80. The van der Waals surface area contributed by atoms with Crippen molar-refractivity contribution in [1.29, 1.82) is 5.26 Å². The maximum absolute atomic E-state index is 11.5. The zero-order chi connectivity index (χ0) is 12.7. The third-order valence-electron chi connectivity index (χ3n) is 2.13. The molecule has 0 aliphatic heterocycles. The summed E-state index contributed by atoms with van der Waals surface area (Å²) in [5.41, 5.74) is 0.844. The van der Waals surface area contributed by atoms with Crippen LogP contribution in [-0.4, -0.2) is 19.6 Å². The van der Waals surface area contributed by atoms with E-state index in [0.717, 1.165) is 0 Å². The van der Waals surface area contributed by atoms with Crippen LogP contribution in [0.2, 0.25) is 5.02 Å². The van der Waals surface area contributed by atoms with Crippen LogP contribution in [0.15, 0.2) is 18.2 Å². The third kappa shape index (κ3) is 4.43. The molecule has 0 aliphatic rings. The molecule has 0 aromatic heterocycles. The van der Waals surface area contributed by atoms with Gasteiger partial charge in [0.1, 0.15) is 6.07 Å². The smallest absolute Gasteiger partial charge is 0.224 e. The lowest BCUT2D eigenvalue weighted by atomic mass is 10.2. The lowest BCUT2D eigenvalue weighted by Crippen LogP contribution is -2.13. The summed E-state index contributed by atoms with van der Waals surface area (Å²) in [5.74, 6) is -0.152. The van der Waals surface area contributed by atoms with Gasteiger partial charge in [-0.1, -0.05) is 11.6 Å². The summed E-state index contributed by atoms with van der Waals surface area (Å²) in [7, 11) is 1.59. The van der Waals surface area contributed by atoms with Gasteiger partial charge < -0.3 is 10.1 Å². The van der Waals surface area contributed by atoms with Gasteiger partial charge in [0, 0.05) is 25.2 Å². The quantitative estimate of drug-likeness (QED) is 0.820. The molecule has 90 valence electrons. The van der Waals surface area contributed by atoms with Gasteiger partial charge in [-0.25, -0.2) is 0 Å². The predicted molar refractivity (Wildman–Crippen MR) is 65.9 cm³/mol. The van der Waals surface area contributed by atoms with Crippen molar-refractivity contribution in [2.75, 3.05) is 19.0 Å². The summed E-state index contributed by atoms with van der Waals surface area (Å²) in [6, 6.07) is 6.75. The van der Waals surface area contributed by atoms with Crippen LogP contribution >= 0.6 is 11.6 Å². The molecular weight excluding hydrogens is 240 g/mol. The number of nitrogens with one attached hydrogen (secondary N) is 1. The van der Waals surface area contributed by atoms with Crippen molar-refractivity contribution in [2.24, 2.45) is 0 Å². The summed E-state index contributed by atoms with van der Waals surface area (Å²) < 4.78 is 4.85. The number of halogens is 1. The third-order valence-corrected chi connectivity index (χ3v) is 2.36. The van der Waals surface area contributed by atoms with E-state index in [4.69, 9.17) is 21.6 Å². The van der Waals surface area contributed by atoms with Crippen LogP contribution in [-0.2, 0) is 9.53 Å². The molecule has 0 heterocycles. The molecule has 0 unspecified atom stereocenters. The Morgan fingerprint density at radius 3 is 3.00 bits per heavy atom. The Kier molecular flexibility index (Phi) is 5.47. The minimum atomic E-state index is -0.152. The molecule has 17 heavy (non-hydrogen) atoms. The fraction of sp³-hybridized carbons (Fsp3) is 0.333. The van der Waals surface area contributed by atoms with Gasteiger partial charge in [0.05, 0.1) is 11.3 Å². The first-order valence-corrected chi connectivity index (χ1v) is 5.53. The topological polar surface area (TPSA) is 62.1 Å². The number of methoxy groups -OCH3 is 1. The van der Waals surface area contributed by atoms with Gasteiger partial charge in [0.15, 0.2) is 0 Å². The molecule has 0 radical (unpaired) electrons. The lowest BCUT2D eigenvalue weighted by Gasteiger charge is -2.07. The zero-order valence-electron chi connectivity index (χ0n) is 9.50. The number of anilines is 1. The molecule has 4 nitrogen and oxygen atoms in total. The molecule has 0 saturated heterocycles. The first kappa shape index (κ1) is 13.5. The molecule has 1 aromatic rings. The summed E-state index contributed by atoms with van der Waals surface area (Å²) in [5, 5.41) is 12.0. The van der Waals surface area contributed by atoms with Crippen LogP contribution in [0.25, 0.3) is 0 Å². The van der Waals surface area contributed by atoms with Crippen LogP contribution in [0.1, 0.15) is 18.4 Å². The largest absolute Gasteiger partial charge is 0.385 e. The molecule has 0 bridgehead atoms. The Labute approximate surface area is 105 Å². The van der Waals surface area contributed by atoms with Crippen molar-refractivity contribution in [2.45, 2.75) is 12.8 Å². The van der Waals surface area contributed by atoms with E-state index in [0.29, 0.717) is 35.7 Å². The van der Waals surface area contributed by atoms with Crippen molar-refractivity contribution >= 4 is 23.2 Å². The summed E-state index contributed by atoms with van der Waals surface area (Å²) in [4.78, 5) is 11.5. The Hall–Kier alpha value is -1.57. The minimum absolute atomic E-state index is 0.152. The Morgan fingerprint density at radius 2 is 2.35 bits per heavy atom. The lowest BCUT2D eigenvalue weighted by molar-refractivity contribution is -0.116. The number of nitriles is 1. The number of hydrogen-bond donors (Lipinski definition) is 1. The van der Waals surface area contributed by atoms with Crippen LogP contribution in [0.3, 0.4) is 0 Å². The Balaban J connectivity index is 2.64. The first-order chi connectivity index (χ1) is 8.17. The molecule has 0 fully saturated rings. The molecule has 1 rings (SSSR count). The van der Waals surface area contributed by atoms with E-state index < -0.39 is 0 Å². The standard InChI is InChI=1S/C12H13ClN2O2/c1-17-6-2-3-12(16)15-11-7-10(13)5-4-9(11)8-14/h4-5,7H,2-3,6H2,1H3,(H,15,16). The number of benzene rings is 1. The van der Waals surface area contributed by atoms with Gasteiger partial charge >= 0.3 is 0 Å². The van der Waals surface area contributed by atoms with Crippen LogP contribution in [0.5, 0.6) is 0 Å². The monoisotopic (exact) mass is 252 g/mol. The summed E-state index contributed by atoms with van der Waals surface area (Å²) in [6.45, 7) is 0.536. The number of hydrogen-bond acceptors (Lipinski definition) is 3. The number of carbonyl (C=O) groups is 1. The molecular formula is C12H13ClN2O2. The second-order valence-corrected chi connectivity index (χ2v) is 3.88. The van der Waals surface area contributed by atoms with Crippen molar-refractivity contribution in [1.82, 2.24) is 0 Å². The molecule has 1 aromatic carbocycles. The number of amides is 1.